The zero-order valence-corrected chi connectivity index (χ0v) is 21.4. The topological polar surface area (TPSA) is 62.2 Å². The van der Waals surface area contributed by atoms with Gasteiger partial charge in [-0.2, -0.15) is 5.10 Å². The number of allylic oxidation sites excluding steroid dienone is 3. The van der Waals surface area contributed by atoms with E-state index in [0.29, 0.717) is 5.57 Å². The third-order valence-electron chi connectivity index (χ3n) is 6.83. The van der Waals surface area contributed by atoms with Gasteiger partial charge in [-0.05, 0) is 75.1 Å². The highest BCUT2D eigenvalue weighted by Gasteiger charge is 2.22. The first-order valence-electron chi connectivity index (χ1n) is 12.6. The van der Waals surface area contributed by atoms with Crippen molar-refractivity contribution in [3.8, 4) is 11.1 Å². The fourth-order valence-corrected chi connectivity index (χ4v) is 5.00. The van der Waals surface area contributed by atoms with Gasteiger partial charge in [-0.3, -0.25) is 9.48 Å². The molecule has 0 radical (unpaired) electrons. The molecule has 2 N–H and O–H groups in total. The van der Waals surface area contributed by atoms with Crippen LogP contribution in [0.15, 0.2) is 72.4 Å². The zero-order valence-electron chi connectivity index (χ0n) is 21.4. The van der Waals surface area contributed by atoms with Gasteiger partial charge in [0.1, 0.15) is 0 Å². The van der Waals surface area contributed by atoms with Crippen molar-refractivity contribution in [2.45, 2.75) is 52.5 Å². The lowest BCUT2D eigenvalue weighted by atomic mass is 9.91. The molecular formula is C29H37N5O. The van der Waals surface area contributed by atoms with Crippen LogP contribution < -0.4 is 10.6 Å². The number of amides is 1. The highest BCUT2D eigenvalue weighted by atomic mass is 16.1. The Balaban J connectivity index is 1.62. The van der Waals surface area contributed by atoms with Crippen LogP contribution in [0.5, 0.6) is 0 Å². The van der Waals surface area contributed by atoms with Gasteiger partial charge in [-0.25, -0.2) is 0 Å². The van der Waals surface area contributed by atoms with E-state index in [2.05, 4.69) is 78.4 Å². The molecule has 0 unspecified atom stereocenters. The third kappa shape index (κ3) is 5.49. The SMILES string of the molecule is C=C1C=C(C(=O)NC2CCNCC2)C=CN1/C(C)=C(\CCC)c1ccccc1-c1cn(C)nc1C. The fraction of sp³-hybridized carbons (Fsp3) is 0.379. The summed E-state index contributed by atoms with van der Waals surface area (Å²) >= 11 is 0. The Kier molecular flexibility index (Phi) is 7.71. The van der Waals surface area contributed by atoms with Gasteiger partial charge in [0, 0.05) is 48.0 Å². The lowest BCUT2D eigenvalue weighted by molar-refractivity contribution is -0.118. The summed E-state index contributed by atoms with van der Waals surface area (Å²) in [5.41, 5.74) is 8.40. The molecule has 1 saturated heterocycles. The van der Waals surface area contributed by atoms with Gasteiger partial charge in [0.05, 0.1) is 5.69 Å². The van der Waals surface area contributed by atoms with Gasteiger partial charge in [-0.15, -0.1) is 0 Å². The number of benzene rings is 1. The Bertz CT molecular complexity index is 1190. The second-order valence-electron chi connectivity index (χ2n) is 9.44. The lowest BCUT2D eigenvalue weighted by Crippen LogP contribution is -2.43. The van der Waals surface area contributed by atoms with Gasteiger partial charge >= 0.3 is 0 Å². The average molecular weight is 472 g/mol. The number of hydrogen-bond acceptors (Lipinski definition) is 4. The van der Waals surface area contributed by atoms with Crippen molar-refractivity contribution in [3.05, 3.63) is 83.6 Å². The van der Waals surface area contributed by atoms with E-state index in [9.17, 15) is 4.79 Å². The minimum absolute atomic E-state index is 0.0261. The molecule has 6 nitrogen and oxygen atoms in total. The van der Waals surface area contributed by atoms with Gasteiger partial charge in [0.15, 0.2) is 0 Å². The first-order chi connectivity index (χ1) is 16.9. The van der Waals surface area contributed by atoms with E-state index in [1.54, 1.807) is 0 Å². The summed E-state index contributed by atoms with van der Waals surface area (Å²) in [6.45, 7) is 12.6. The Hall–Kier alpha value is -3.38. The first kappa shape index (κ1) is 24.7. The molecule has 3 heterocycles. The molecule has 2 aliphatic rings. The third-order valence-corrected chi connectivity index (χ3v) is 6.83. The average Bonchev–Trinajstić information content (AvgIpc) is 3.20. The maximum atomic E-state index is 12.9. The van der Waals surface area contributed by atoms with E-state index in [0.717, 1.165) is 61.4 Å². The molecule has 0 spiro atoms. The molecule has 0 atom stereocenters. The number of aromatic nitrogens is 2. The normalized spacial score (nSPS) is 17.3. The van der Waals surface area contributed by atoms with Crippen LogP contribution in [0.4, 0.5) is 0 Å². The zero-order chi connectivity index (χ0) is 24.9. The molecule has 4 rings (SSSR count). The maximum absolute atomic E-state index is 12.9. The highest BCUT2D eigenvalue weighted by Crippen LogP contribution is 2.36. The van der Waals surface area contributed by atoms with Crippen molar-refractivity contribution in [2.75, 3.05) is 13.1 Å². The van der Waals surface area contributed by atoms with Crippen LogP contribution in [0.2, 0.25) is 0 Å². The Morgan fingerprint density at radius 1 is 1.23 bits per heavy atom. The summed E-state index contributed by atoms with van der Waals surface area (Å²) in [6.07, 6.45) is 11.7. The molecule has 2 aromatic rings. The van der Waals surface area contributed by atoms with Crippen LogP contribution >= 0.6 is 0 Å². The van der Waals surface area contributed by atoms with Gasteiger partial charge < -0.3 is 15.5 Å². The highest BCUT2D eigenvalue weighted by molar-refractivity contribution is 5.97. The fourth-order valence-electron chi connectivity index (χ4n) is 5.00. The Morgan fingerprint density at radius 2 is 1.97 bits per heavy atom. The van der Waals surface area contributed by atoms with E-state index < -0.39 is 0 Å². The molecule has 184 valence electrons. The molecule has 2 aliphatic heterocycles. The van der Waals surface area contributed by atoms with E-state index in [1.165, 1.54) is 16.7 Å². The number of piperidine rings is 1. The van der Waals surface area contributed by atoms with E-state index in [1.807, 2.05) is 30.1 Å². The summed E-state index contributed by atoms with van der Waals surface area (Å²) in [4.78, 5) is 14.9. The molecule has 1 aromatic carbocycles. The standard InChI is InChI=1S/C29H37N5O/c1-6-9-25(26-10-7-8-11-27(26)28-19-33(5)32-21(28)3)22(4)34-17-14-23(18-20(34)2)29(35)31-24-12-15-30-16-13-24/h7-8,10-11,14,17-19,24,30H,2,6,9,12-13,15-16H2,1,3-5H3,(H,31,35)/b25-22+. The smallest absolute Gasteiger partial charge is 0.251 e. The minimum atomic E-state index is -0.0261. The summed E-state index contributed by atoms with van der Waals surface area (Å²) in [5, 5.41) is 11.1. The molecule has 1 fully saturated rings. The summed E-state index contributed by atoms with van der Waals surface area (Å²) in [7, 11) is 1.96. The largest absolute Gasteiger partial charge is 0.349 e. The van der Waals surface area contributed by atoms with Gasteiger partial charge in [0.2, 0.25) is 0 Å². The predicted molar refractivity (Wildman–Crippen MR) is 143 cm³/mol. The van der Waals surface area contributed by atoms with Crippen molar-refractivity contribution in [1.82, 2.24) is 25.3 Å². The molecular weight excluding hydrogens is 434 g/mol. The van der Waals surface area contributed by atoms with E-state index in [4.69, 9.17) is 0 Å². The van der Waals surface area contributed by atoms with Gasteiger partial charge in [-0.1, -0.05) is 44.2 Å². The maximum Gasteiger partial charge on any atom is 0.251 e. The number of nitrogens with one attached hydrogen (secondary N) is 2. The molecule has 35 heavy (non-hydrogen) atoms. The summed E-state index contributed by atoms with van der Waals surface area (Å²) in [6, 6.07) is 8.78. The molecule has 0 saturated carbocycles. The number of rotatable bonds is 7. The van der Waals surface area contributed by atoms with Crippen molar-refractivity contribution in [3.63, 3.8) is 0 Å². The second-order valence-corrected chi connectivity index (χ2v) is 9.44. The molecule has 6 heteroatoms. The first-order valence-corrected chi connectivity index (χ1v) is 12.6. The number of hydrogen-bond donors (Lipinski definition) is 2. The van der Waals surface area contributed by atoms with Crippen LogP contribution in [0, 0.1) is 6.92 Å². The summed E-state index contributed by atoms with van der Waals surface area (Å²) < 4.78 is 1.87. The number of nitrogens with zero attached hydrogens (tertiary/aromatic N) is 3. The van der Waals surface area contributed by atoms with E-state index in [-0.39, 0.29) is 11.9 Å². The Labute approximate surface area is 209 Å². The molecule has 1 aromatic heterocycles. The predicted octanol–water partition coefficient (Wildman–Crippen LogP) is 5.06. The molecule has 1 amide bonds. The van der Waals surface area contributed by atoms with E-state index >= 15 is 0 Å². The summed E-state index contributed by atoms with van der Waals surface area (Å²) in [5.74, 6) is -0.0261. The minimum Gasteiger partial charge on any atom is -0.349 e. The van der Waals surface area contributed by atoms with Crippen molar-refractivity contribution >= 4 is 11.5 Å². The second kappa shape index (κ2) is 10.9. The van der Waals surface area contributed by atoms with Crippen molar-refractivity contribution in [1.29, 1.82) is 0 Å². The molecule has 0 bridgehead atoms. The lowest BCUT2D eigenvalue weighted by Gasteiger charge is -2.29. The number of carbonyl (C=O) groups excluding carboxylic acids is 1. The monoisotopic (exact) mass is 471 g/mol. The van der Waals surface area contributed by atoms with Crippen LogP contribution in [0.3, 0.4) is 0 Å². The van der Waals surface area contributed by atoms with Crippen LogP contribution in [-0.4, -0.2) is 39.7 Å². The van der Waals surface area contributed by atoms with Crippen LogP contribution in [-0.2, 0) is 11.8 Å². The van der Waals surface area contributed by atoms with Gasteiger partial charge in [0.25, 0.3) is 5.91 Å². The van der Waals surface area contributed by atoms with Crippen LogP contribution in [0.25, 0.3) is 16.7 Å². The van der Waals surface area contributed by atoms with Crippen molar-refractivity contribution < 1.29 is 4.79 Å². The quantitative estimate of drug-likeness (QED) is 0.592. The van der Waals surface area contributed by atoms with Crippen molar-refractivity contribution in [2.24, 2.45) is 7.05 Å². The molecule has 0 aliphatic carbocycles. The van der Waals surface area contributed by atoms with Crippen LogP contribution in [0.1, 0.15) is 50.8 Å². The number of carbonyl (C=O) groups is 1. The Morgan fingerprint density at radius 3 is 2.63 bits per heavy atom. The number of aryl methyl sites for hydroxylation is 2.